The number of aliphatic hydroxyl groups excluding tert-OH is 1. The fourth-order valence-electron chi connectivity index (χ4n) is 2.75. The lowest BCUT2D eigenvalue weighted by atomic mass is 9.87. The molecule has 0 aromatic carbocycles. The largest absolute Gasteiger partial charge is 0.384 e. The average molecular weight is 277 g/mol. The molecule has 1 heterocycles. The molecule has 0 bridgehead atoms. The van der Waals surface area contributed by atoms with Crippen LogP contribution in [0.2, 0.25) is 0 Å². The van der Waals surface area contributed by atoms with Crippen molar-refractivity contribution < 1.29 is 5.11 Å². The summed E-state index contributed by atoms with van der Waals surface area (Å²) in [6.45, 7) is 3.27. The minimum absolute atomic E-state index is 0.0638. The monoisotopic (exact) mass is 277 g/mol. The minimum Gasteiger partial charge on any atom is -0.384 e. The number of aliphatic hydroxyl groups is 1. The number of rotatable bonds is 3. The molecule has 1 aromatic rings. The lowest BCUT2D eigenvalue weighted by molar-refractivity contribution is 0.165. The van der Waals surface area contributed by atoms with Gasteiger partial charge in [-0.3, -0.25) is 4.90 Å². The zero-order chi connectivity index (χ0) is 13.7. The highest BCUT2D eigenvalue weighted by Crippen LogP contribution is 2.28. The Bertz CT molecular complexity index is 449. The van der Waals surface area contributed by atoms with Crippen LogP contribution >= 0.6 is 11.3 Å². The second-order valence-corrected chi connectivity index (χ2v) is 6.55. The van der Waals surface area contributed by atoms with Gasteiger partial charge in [0, 0.05) is 23.0 Å². The van der Waals surface area contributed by atoms with Crippen LogP contribution in [-0.4, -0.2) is 29.7 Å². The first-order chi connectivity index (χ1) is 9.20. The topological polar surface area (TPSA) is 23.5 Å². The Morgan fingerprint density at radius 2 is 2.11 bits per heavy atom. The first kappa shape index (κ1) is 14.6. The number of hydrogen-bond acceptors (Lipinski definition) is 3. The molecule has 0 atom stereocenters. The molecule has 0 unspecified atom stereocenters. The molecule has 0 saturated heterocycles. The van der Waals surface area contributed by atoms with Crippen LogP contribution in [0.25, 0.3) is 0 Å². The van der Waals surface area contributed by atoms with E-state index in [1.165, 1.54) is 30.6 Å². The summed E-state index contributed by atoms with van der Waals surface area (Å²) >= 11 is 1.77. The Balaban J connectivity index is 1.95. The lowest BCUT2D eigenvalue weighted by Gasteiger charge is -2.33. The summed E-state index contributed by atoms with van der Waals surface area (Å²) in [6.07, 6.45) is 5.36. The molecule has 1 N–H and O–H groups in total. The van der Waals surface area contributed by atoms with Crippen molar-refractivity contribution in [3.63, 3.8) is 0 Å². The third-order valence-electron chi connectivity index (χ3n) is 4.05. The lowest BCUT2D eigenvalue weighted by Crippen LogP contribution is -2.34. The van der Waals surface area contributed by atoms with E-state index in [1.807, 2.05) is 0 Å². The van der Waals surface area contributed by atoms with Crippen LogP contribution in [0.3, 0.4) is 0 Å². The molecule has 2 rings (SSSR count). The van der Waals surface area contributed by atoms with Crippen molar-refractivity contribution in [2.75, 3.05) is 13.7 Å². The van der Waals surface area contributed by atoms with Crippen molar-refractivity contribution >= 4 is 11.3 Å². The van der Waals surface area contributed by atoms with Crippen LogP contribution in [-0.2, 0) is 6.54 Å². The fraction of sp³-hybridized carbons (Fsp3) is 0.625. The first-order valence-electron chi connectivity index (χ1n) is 7.07. The Morgan fingerprint density at radius 3 is 2.79 bits per heavy atom. The number of hydrogen-bond donors (Lipinski definition) is 1. The fourth-order valence-corrected chi connectivity index (χ4v) is 3.64. The Kier molecular flexibility index (Phi) is 5.45. The quantitative estimate of drug-likeness (QED) is 0.858. The van der Waals surface area contributed by atoms with Crippen molar-refractivity contribution in [3.8, 4) is 11.8 Å². The zero-order valence-corrected chi connectivity index (χ0v) is 12.7. The van der Waals surface area contributed by atoms with Gasteiger partial charge in [-0.05, 0) is 50.1 Å². The molecule has 0 amide bonds. The van der Waals surface area contributed by atoms with Crippen LogP contribution < -0.4 is 0 Å². The van der Waals surface area contributed by atoms with Crippen LogP contribution in [0.15, 0.2) is 11.4 Å². The molecule has 19 heavy (non-hydrogen) atoms. The molecule has 0 spiro atoms. The van der Waals surface area contributed by atoms with Gasteiger partial charge in [0.15, 0.2) is 0 Å². The molecule has 0 radical (unpaired) electrons. The molecule has 0 aliphatic heterocycles. The van der Waals surface area contributed by atoms with E-state index >= 15 is 0 Å². The summed E-state index contributed by atoms with van der Waals surface area (Å²) < 4.78 is 0. The van der Waals surface area contributed by atoms with Gasteiger partial charge in [-0.2, -0.15) is 0 Å². The van der Waals surface area contributed by atoms with Crippen molar-refractivity contribution in [1.29, 1.82) is 0 Å². The van der Waals surface area contributed by atoms with E-state index in [4.69, 9.17) is 5.11 Å². The van der Waals surface area contributed by atoms with Crippen molar-refractivity contribution in [1.82, 2.24) is 4.90 Å². The summed E-state index contributed by atoms with van der Waals surface area (Å²) in [7, 11) is 2.23. The Morgan fingerprint density at radius 1 is 1.37 bits per heavy atom. The molecule has 2 nitrogen and oxygen atoms in total. The molecular weight excluding hydrogens is 254 g/mol. The van der Waals surface area contributed by atoms with Gasteiger partial charge in [-0.15, -0.1) is 11.3 Å². The highest BCUT2D eigenvalue weighted by atomic mass is 32.1. The van der Waals surface area contributed by atoms with E-state index in [1.54, 1.807) is 11.3 Å². The molecule has 1 fully saturated rings. The summed E-state index contributed by atoms with van der Waals surface area (Å²) in [6, 6.07) is 2.77. The normalized spacial score (nSPS) is 23.2. The highest BCUT2D eigenvalue weighted by Gasteiger charge is 2.22. The summed E-state index contributed by atoms with van der Waals surface area (Å²) in [5.74, 6) is 6.69. The summed E-state index contributed by atoms with van der Waals surface area (Å²) in [4.78, 5) is 3.80. The van der Waals surface area contributed by atoms with E-state index in [2.05, 4.69) is 42.2 Å². The Labute approximate surface area is 120 Å². The standard InChI is InChI=1S/C16H23NOS/c1-13-5-7-15(8-6-13)17(2)12-16-14(4-3-10-18)9-11-19-16/h9,11,13,15,18H,5-8,10,12H2,1-2H3. The SMILES string of the molecule is CC1CCC(N(C)Cc2sccc2C#CCO)CC1. The van der Waals surface area contributed by atoms with Crippen LogP contribution in [0.5, 0.6) is 0 Å². The summed E-state index contributed by atoms with van der Waals surface area (Å²) in [5, 5.41) is 10.9. The molecule has 1 aliphatic carbocycles. The third kappa shape index (κ3) is 4.07. The maximum atomic E-state index is 8.79. The summed E-state index contributed by atoms with van der Waals surface area (Å²) in [5.41, 5.74) is 1.08. The number of thiophene rings is 1. The predicted molar refractivity (Wildman–Crippen MR) is 81.2 cm³/mol. The third-order valence-corrected chi connectivity index (χ3v) is 4.95. The van der Waals surface area contributed by atoms with Gasteiger partial charge in [0.2, 0.25) is 0 Å². The van der Waals surface area contributed by atoms with E-state index in [0.717, 1.165) is 24.1 Å². The van der Waals surface area contributed by atoms with Gasteiger partial charge >= 0.3 is 0 Å². The minimum atomic E-state index is -0.0638. The highest BCUT2D eigenvalue weighted by molar-refractivity contribution is 7.10. The second-order valence-electron chi connectivity index (χ2n) is 5.55. The maximum absolute atomic E-state index is 8.79. The Hall–Kier alpha value is -0.820. The van der Waals surface area contributed by atoms with E-state index in [0.29, 0.717) is 0 Å². The van der Waals surface area contributed by atoms with Crippen LogP contribution in [0.4, 0.5) is 0 Å². The van der Waals surface area contributed by atoms with Crippen molar-refractivity contribution in [2.24, 2.45) is 5.92 Å². The molecule has 104 valence electrons. The molecular formula is C16H23NOS. The molecule has 1 saturated carbocycles. The van der Waals surface area contributed by atoms with Gasteiger partial charge in [0.05, 0.1) is 0 Å². The number of nitrogens with zero attached hydrogens (tertiary/aromatic N) is 1. The molecule has 1 aromatic heterocycles. The van der Waals surface area contributed by atoms with Gasteiger partial charge in [-0.1, -0.05) is 18.8 Å². The average Bonchev–Trinajstić information content (AvgIpc) is 2.84. The van der Waals surface area contributed by atoms with Gasteiger partial charge in [0.25, 0.3) is 0 Å². The molecule has 1 aliphatic rings. The van der Waals surface area contributed by atoms with Gasteiger partial charge in [-0.25, -0.2) is 0 Å². The smallest absolute Gasteiger partial charge is 0.104 e. The second kappa shape index (κ2) is 7.09. The predicted octanol–water partition coefficient (Wildman–Crippen LogP) is 3.10. The van der Waals surface area contributed by atoms with Gasteiger partial charge in [0.1, 0.15) is 6.61 Å². The van der Waals surface area contributed by atoms with Crippen molar-refractivity contribution in [3.05, 3.63) is 21.9 Å². The zero-order valence-electron chi connectivity index (χ0n) is 11.9. The van der Waals surface area contributed by atoms with Crippen LogP contribution in [0, 0.1) is 17.8 Å². The van der Waals surface area contributed by atoms with E-state index < -0.39 is 0 Å². The molecule has 3 heteroatoms. The van der Waals surface area contributed by atoms with Crippen molar-refractivity contribution in [2.45, 2.75) is 45.2 Å². The van der Waals surface area contributed by atoms with Crippen LogP contribution in [0.1, 0.15) is 43.0 Å². The van der Waals surface area contributed by atoms with Gasteiger partial charge < -0.3 is 5.11 Å². The van der Waals surface area contributed by atoms with E-state index in [-0.39, 0.29) is 6.61 Å². The maximum Gasteiger partial charge on any atom is 0.104 e. The first-order valence-corrected chi connectivity index (χ1v) is 7.95. The van der Waals surface area contributed by atoms with E-state index in [9.17, 15) is 0 Å².